The summed E-state index contributed by atoms with van der Waals surface area (Å²) < 4.78 is 33.7. The van der Waals surface area contributed by atoms with Crippen molar-refractivity contribution in [2.75, 3.05) is 0 Å². The topological polar surface area (TPSA) is 57.1 Å². The van der Waals surface area contributed by atoms with Crippen molar-refractivity contribution in [1.82, 2.24) is 4.90 Å². The smallest absolute Gasteiger partial charge is 0.188 e. The highest BCUT2D eigenvalue weighted by Crippen LogP contribution is 1.96. The minimum Gasteiger partial charge on any atom is -0.188 e. The van der Waals surface area contributed by atoms with Gasteiger partial charge < -0.3 is 0 Å². The number of imide groups is 3. The van der Waals surface area contributed by atoms with Gasteiger partial charge in [0.2, 0.25) is 0 Å². The van der Waals surface area contributed by atoms with Crippen LogP contribution in [0.5, 0.6) is 0 Å². The van der Waals surface area contributed by atoms with Crippen molar-refractivity contribution in [2.45, 2.75) is 0 Å². The number of carbonyl (C=O) groups excluding carboxylic acids is 3. The summed E-state index contributed by atoms with van der Waals surface area (Å²) >= 11 is 0. The molecule has 0 atom stereocenters. The number of amides is 3. The van der Waals surface area contributed by atoms with E-state index in [1.807, 2.05) is 0 Å². The van der Waals surface area contributed by atoms with Gasteiger partial charge >= 0.3 is 18.5 Å². The molecular formula is C3F3NO3+. The summed E-state index contributed by atoms with van der Waals surface area (Å²) in [6.45, 7) is 0. The van der Waals surface area contributed by atoms with Gasteiger partial charge in [0.15, 0.2) is 0 Å². The Labute approximate surface area is 52.2 Å². The van der Waals surface area contributed by atoms with E-state index in [0.717, 1.165) is 0 Å². The largest absolute Gasteiger partial charge is 0.577 e. The molecule has 0 aromatic rings. The van der Waals surface area contributed by atoms with Crippen molar-refractivity contribution >= 4 is 18.5 Å². The molecule has 0 spiro atoms. The predicted octanol–water partition coefficient (Wildman–Crippen LogP) is 1.40. The van der Waals surface area contributed by atoms with Crippen molar-refractivity contribution in [1.29, 1.82) is 0 Å². The first kappa shape index (κ1) is 8.76. The molecule has 1 radical (unpaired) electrons. The third-order valence-electron chi connectivity index (χ3n) is 0.527. The van der Waals surface area contributed by atoms with Crippen molar-refractivity contribution < 1.29 is 27.6 Å². The summed E-state index contributed by atoms with van der Waals surface area (Å²) in [5.74, 6) is 0. The molecule has 0 aromatic heterocycles. The SMILES string of the molecule is O=C(F)[N+](C(=O)F)C(=O)F. The second-order valence-electron chi connectivity index (χ2n) is 1.09. The standard InChI is InChI=1S/C3F3NO3/c4-1(8)7(2(5)9)3(6)10/q+1. The minimum atomic E-state index is -2.79. The first-order valence-corrected chi connectivity index (χ1v) is 1.85. The van der Waals surface area contributed by atoms with Crippen LogP contribution < -0.4 is 4.90 Å². The van der Waals surface area contributed by atoms with Crippen LogP contribution in [0.2, 0.25) is 0 Å². The van der Waals surface area contributed by atoms with Crippen molar-refractivity contribution in [2.24, 2.45) is 0 Å². The molecule has 0 N–H and O–H groups in total. The van der Waals surface area contributed by atoms with Gasteiger partial charge in [-0.05, 0) is 0 Å². The molecule has 7 heteroatoms. The van der Waals surface area contributed by atoms with Gasteiger partial charge in [0.25, 0.3) is 0 Å². The Kier molecular flexibility index (Phi) is 2.68. The summed E-state index contributed by atoms with van der Waals surface area (Å²) in [5, 5.41) is 0. The summed E-state index contributed by atoms with van der Waals surface area (Å²) in [5.41, 5.74) is 0. The Hall–Kier alpha value is -1.24. The van der Waals surface area contributed by atoms with E-state index in [1.165, 1.54) is 0 Å². The summed E-state index contributed by atoms with van der Waals surface area (Å²) in [6, 6.07) is 0. The molecule has 0 bridgehead atoms. The van der Waals surface area contributed by atoms with E-state index < -0.39 is 23.4 Å². The van der Waals surface area contributed by atoms with E-state index in [0.29, 0.717) is 0 Å². The molecule has 55 valence electrons. The maximum absolute atomic E-state index is 11.2. The fourth-order valence-electron chi connectivity index (χ4n) is 0.207. The van der Waals surface area contributed by atoms with Gasteiger partial charge in [0.05, 0.1) is 0 Å². The quantitative estimate of drug-likeness (QED) is 0.301. The van der Waals surface area contributed by atoms with Crippen LogP contribution in [-0.2, 0) is 0 Å². The van der Waals surface area contributed by atoms with Gasteiger partial charge in [-0.1, -0.05) is 0 Å². The zero-order valence-corrected chi connectivity index (χ0v) is 4.31. The highest BCUT2D eigenvalue weighted by Gasteiger charge is 2.46. The molecule has 0 aliphatic carbocycles. The van der Waals surface area contributed by atoms with Gasteiger partial charge in [-0.3, -0.25) is 0 Å². The van der Waals surface area contributed by atoms with E-state index in [2.05, 4.69) is 0 Å². The Bertz CT molecular complexity index is 158. The average Bonchev–Trinajstić information content (AvgIpc) is 1.59. The van der Waals surface area contributed by atoms with Crippen LogP contribution in [0.4, 0.5) is 27.6 Å². The first-order chi connectivity index (χ1) is 4.46. The van der Waals surface area contributed by atoms with Crippen LogP contribution in [0.15, 0.2) is 0 Å². The molecule has 0 saturated heterocycles. The minimum absolute atomic E-state index is 1.42. The fourth-order valence-corrected chi connectivity index (χ4v) is 0.207. The normalized spacial score (nSPS) is 9.60. The highest BCUT2D eigenvalue weighted by atomic mass is 19.2. The monoisotopic (exact) mass is 155 g/mol. The van der Waals surface area contributed by atoms with Crippen molar-refractivity contribution in [3.8, 4) is 0 Å². The molecule has 0 saturated carbocycles. The molecule has 10 heavy (non-hydrogen) atoms. The molecule has 4 nitrogen and oxygen atoms in total. The van der Waals surface area contributed by atoms with Gasteiger partial charge in [0.1, 0.15) is 4.90 Å². The van der Waals surface area contributed by atoms with E-state index in [4.69, 9.17) is 0 Å². The zero-order valence-electron chi connectivity index (χ0n) is 4.31. The Balaban J connectivity index is 4.43. The number of carbonyl (C=O) groups is 3. The molecule has 0 aromatic carbocycles. The molecule has 3 amide bonds. The second-order valence-corrected chi connectivity index (χ2v) is 1.09. The summed E-state index contributed by atoms with van der Waals surface area (Å²) in [6.07, 6.45) is -8.37. The molecular weight excluding hydrogens is 155 g/mol. The number of nitrogens with zero attached hydrogens (tertiary/aromatic N) is 1. The van der Waals surface area contributed by atoms with Gasteiger partial charge in [-0.25, -0.2) is 0 Å². The maximum atomic E-state index is 11.2. The Morgan fingerprint density at radius 1 is 0.800 bits per heavy atom. The van der Waals surface area contributed by atoms with Gasteiger partial charge in [-0.15, -0.1) is 13.2 Å². The van der Waals surface area contributed by atoms with E-state index in [-0.39, 0.29) is 0 Å². The highest BCUT2D eigenvalue weighted by molar-refractivity contribution is 6.06. The lowest BCUT2D eigenvalue weighted by Crippen LogP contribution is -2.38. The van der Waals surface area contributed by atoms with E-state index in [9.17, 15) is 27.6 Å². The molecule has 0 unspecified atom stereocenters. The fraction of sp³-hybridized carbons (Fsp3) is 0. The number of rotatable bonds is 0. The maximum Gasteiger partial charge on any atom is 0.577 e. The van der Waals surface area contributed by atoms with Crippen LogP contribution in [0.1, 0.15) is 0 Å². The van der Waals surface area contributed by atoms with E-state index >= 15 is 0 Å². The molecule has 0 aliphatic heterocycles. The Morgan fingerprint density at radius 3 is 1.00 bits per heavy atom. The third-order valence-corrected chi connectivity index (χ3v) is 0.527. The van der Waals surface area contributed by atoms with E-state index in [1.54, 1.807) is 0 Å². The van der Waals surface area contributed by atoms with Crippen molar-refractivity contribution in [3.63, 3.8) is 0 Å². The van der Waals surface area contributed by atoms with Crippen LogP contribution in [0, 0.1) is 0 Å². The summed E-state index contributed by atoms with van der Waals surface area (Å²) in [7, 11) is 0. The lowest BCUT2D eigenvalue weighted by atomic mass is 10.8. The van der Waals surface area contributed by atoms with Crippen LogP contribution >= 0.6 is 0 Å². The van der Waals surface area contributed by atoms with Crippen LogP contribution in [-0.4, -0.2) is 18.5 Å². The lowest BCUT2D eigenvalue weighted by Gasteiger charge is -1.83. The Morgan fingerprint density at radius 2 is 1.00 bits per heavy atom. The van der Waals surface area contributed by atoms with Crippen LogP contribution in [0.25, 0.3) is 0 Å². The molecule has 0 aliphatic rings. The number of hydrogen-bond donors (Lipinski definition) is 0. The molecule has 0 fully saturated rings. The lowest BCUT2D eigenvalue weighted by molar-refractivity contribution is 0.170. The zero-order chi connectivity index (χ0) is 8.31. The molecule has 0 heterocycles. The number of hydrogen-bond acceptors (Lipinski definition) is 3. The molecule has 0 rings (SSSR count). The average molecular weight is 155 g/mol. The first-order valence-electron chi connectivity index (χ1n) is 1.85. The predicted molar refractivity (Wildman–Crippen MR) is 21.6 cm³/mol. The van der Waals surface area contributed by atoms with Gasteiger partial charge in [0, 0.05) is 0 Å². The number of halogens is 3. The summed E-state index contributed by atoms with van der Waals surface area (Å²) in [4.78, 5) is 26.7. The van der Waals surface area contributed by atoms with Gasteiger partial charge in [-0.2, -0.15) is 14.4 Å². The second kappa shape index (κ2) is 3.06. The van der Waals surface area contributed by atoms with Crippen molar-refractivity contribution in [3.05, 3.63) is 0 Å². The third kappa shape index (κ3) is 1.94. The van der Waals surface area contributed by atoms with Crippen LogP contribution in [0.3, 0.4) is 0 Å².